The van der Waals surface area contributed by atoms with Crippen LogP contribution in [0.15, 0.2) is 47.2 Å². The minimum Gasteiger partial charge on any atom is -0.249 e. The van der Waals surface area contributed by atoms with Gasteiger partial charge in [-0.25, -0.2) is 4.98 Å². The van der Waals surface area contributed by atoms with Crippen LogP contribution >= 0.6 is 15.9 Å². The lowest BCUT2D eigenvalue weighted by Crippen LogP contribution is -1.86. The number of rotatable bonds is 1. The third kappa shape index (κ3) is 1.90. The van der Waals surface area contributed by atoms with Gasteiger partial charge in [0, 0.05) is 17.3 Å². The zero-order valence-corrected chi connectivity index (χ0v) is 9.40. The summed E-state index contributed by atoms with van der Waals surface area (Å²) in [7, 11) is 0. The van der Waals surface area contributed by atoms with Crippen LogP contribution in [0.2, 0.25) is 0 Å². The first-order valence-corrected chi connectivity index (χ1v) is 5.22. The number of pyridine rings is 1. The highest BCUT2D eigenvalue weighted by Gasteiger charge is 2.07. The SMILES string of the molecule is N#Cc1ccccc1-c1cccnc1Br. The maximum atomic E-state index is 8.98. The second kappa shape index (κ2) is 4.24. The van der Waals surface area contributed by atoms with Gasteiger partial charge in [0.2, 0.25) is 0 Å². The number of nitriles is 1. The van der Waals surface area contributed by atoms with Gasteiger partial charge in [0.15, 0.2) is 0 Å². The van der Waals surface area contributed by atoms with Crippen molar-refractivity contribution in [2.24, 2.45) is 0 Å². The molecule has 1 aromatic carbocycles. The molecule has 0 radical (unpaired) electrons. The maximum Gasteiger partial charge on any atom is 0.113 e. The number of nitrogens with zero attached hydrogens (tertiary/aromatic N) is 2. The van der Waals surface area contributed by atoms with E-state index in [2.05, 4.69) is 27.0 Å². The normalized spacial score (nSPS) is 9.60. The second-order valence-corrected chi connectivity index (χ2v) is 3.75. The molecule has 0 amide bonds. The molecule has 15 heavy (non-hydrogen) atoms. The quantitative estimate of drug-likeness (QED) is 0.736. The van der Waals surface area contributed by atoms with Crippen LogP contribution in [-0.4, -0.2) is 4.98 Å². The number of benzene rings is 1. The highest BCUT2D eigenvalue weighted by molar-refractivity contribution is 9.10. The largest absolute Gasteiger partial charge is 0.249 e. The minimum atomic E-state index is 0.659. The molecule has 0 aliphatic carbocycles. The smallest absolute Gasteiger partial charge is 0.113 e. The first kappa shape index (κ1) is 9.88. The van der Waals surface area contributed by atoms with Gasteiger partial charge in [0.25, 0.3) is 0 Å². The summed E-state index contributed by atoms with van der Waals surface area (Å²) in [6, 6.07) is 13.4. The molecule has 2 rings (SSSR count). The summed E-state index contributed by atoms with van der Waals surface area (Å²) in [5, 5.41) is 8.98. The summed E-state index contributed by atoms with van der Waals surface area (Å²) in [6.07, 6.45) is 1.71. The fraction of sp³-hybridized carbons (Fsp3) is 0. The van der Waals surface area contributed by atoms with Crippen molar-refractivity contribution in [3.8, 4) is 17.2 Å². The molecule has 3 heteroatoms. The molecule has 0 N–H and O–H groups in total. The Morgan fingerprint density at radius 2 is 1.80 bits per heavy atom. The van der Waals surface area contributed by atoms with E-state index in [0.717, 1.165) is 15.7 Å². The molecular weight excluding hydrogens is 252 g/mol. The predicted octanol–water partition coefficient (Wildman–Crippen LogP) is 3.38. The van der Waals surface area contributed by atoms with E-state index in [-0.39, 0.29) is 0 Å². The van der Waals surface area contributed by atoms with Crippen molar-refractivity contribution < 1.29 is 0 Å². The lowest BCUT2D eigenvalue weighted by Gasteiger charge is -2.04. The van der Waals surface area contributed by atoms with Gasteiger partial charge in [0.1, 0.15) is 4.60 Å². The highest BCUT2D eigenvalue weighted by atomic mass is 79.9. The molecule has 2 aromatic rings. The number of hydrogen-bond donors (Lipinski definition) is 0. The Labute approximate surface area is 96.3 Å². The molecule has 0 aliphatic heterocycles. The molecular formula is C12H7BrN2. The van der Waals surface area contributed by atoms with Crippen LogP contribution in [0.3, 0.4) is 0 Å². The number of aromatic nitrogens is 1. The number of halogens is 1. The van der Waals surface area contributed by atoms with Gasteiger partial charge in [-0.1, -0.05) is 24.3 Å². The molecule has 0 atom stereocenters. The Balaban J connectivity index is 2.65. The third-order valence-corrected chi connectivity index (χ3v) is 2.73. The molecule has 0 saturated heterocycles. The second-order valence-electron chi connectivity index (χ2n) is 3.00. The van der Waals surface area contributed by atoms with Gasteiger partial charge < -0.3 is 0 Å². The third-order valence-electron chi connectivity index (χ3n) is 2.10. The van der Waals surface area contributed by atoms with Gasteiger partial charge in [0.05, 0.1) is 11.6 Å². The summed E-state index contributed by atoms with van der Waals surface area (Å²) in [6.45, 7) is 0. The Bertz CT molecular complexity index is 529. The highest BCUT2D eigenvalue weighted by Crippen LogP contribution is 2.28. The van der Waals surface area contributed by atoms with Crippen molar-refractivity contribution in [2.75, 3.05) is 0 Å². The predicted molar refractivity (Wildman–Crippen MR) is 62.1 cm³/mol. The topological polar surface area (TPSA) is 36.7 Å². The standard InChI is InChI=1S/C12H7BrN2/c13-12-11(6-3-7-15-12)10-5-2-1-4-9(10)8-14/h1-7H. The van der Waals surface area contributed by atoms with Crippen LogP contribution in [0.4, 0.5) is 0 Å². The molecule has 0 aliphatic rings. The van der Waals surface area contributed by atoms with E-state index in [1.54, 1.807) is 12.3 Å². The van der Waals surface area contributed by atoms with Gasteiger partial charge in [-0.05, 0) is 28.1 Å². The summed E-state index contributed by atoms with van der Waals surface area (Å²) < 4.78 is 0.757. The fourth-order valence-corrected chi connectivity index (χ4v) is 1.87. The summed E-state index contributed by atoms with van der Waals surface area (Å²) in [4.78, 5) is 4.14. The van der Waals surface area contributed by atoms with Gasteiger partial charge in [-0.2, -0.15) is 5.26 Å². The molecule has 0 fully saturated rings. The van der Waals surface area contributed by atoms with Crippen LogP contribution in [0.25, 0.3) is 11.1 Å². The first-order chi connectivity index (χ1) is 7.33. The van der Waals surface area contributed by atoms with Crippen molar-refractivity contribution >= 4 is 15.9 Å². The van der Waals surface area contributed by atoms with Gasteiger partial charge >= 0.3 is 0 Å². The summed E-state index contributed by atoms with van der Waals surface area (Å²) >= 11 is 3.38. The molecule has 72 valence electrons. The van der Waals surface area contributed by atoms with Crippen molar-refractivity contribution in [2.45, 2.75) is 0 Å². The van der Waals surface area contributed by atoms with E-state index >= 15 is 0 Å². The van der Waals surface area contributed by atoms with Crippen LogP contribution < -0.4 is 0 Å². The Kier molecular flexibility index (Phi) is 2.79. The monoisotopic (exact) mass is 258 g/mol. The zero-order chi connectivity index (χ0) is 10.7. The van der Waals surface area contributed by atoms with Crippen LogP contribution in [0.1, 0.15) is 5.56 Å². The van der Waals surface area contributed by atoms with E-state index in [1.807, 2.05) is 30.3 Å². The number of hydrogen-bond acceptors (Lipinski definition) is 2. The first-order valence-electron chi connectivity index (χ1n) is 4.43. The summed E-state index contributed by atoms with van der Waals surface area (Å²) in [5.41, 5.74) is 2.50. The molecule has 0 saturated carbocycles. The molecule has 0 unspecified atom stereocenters. The van der Waals surface area contributed by atoms with Crippen molar-refractivity contribution in [3.63, 3.8) is 0 Å². The fourth-order valence-electron chi connectivity index (χ4n) is 1.40. The van der Waals surface area contributed by atoms with Gasteiger partial charge in [-0.3, -0.25) is 0 Å². The molecule has 1 heterocycles. The van der Waals surface area contributed by atoms with Crippen LogP contribution in [0, 0.1) is 11.3 Å². The molecule has 0 spiro atoms. The Morgan fingerprint density at radius 3 is 2.53 bits per heavy atom. The summed E-state index contributed by atoms with van der Waals surface area (Å²) in [5.74, 6) is 0. The maximum absolute atomic E-state index is 8.98. The van der Waals surface area contributed by atoms with E-state index in [9.17, 15) is 0 Å². The zero-order valence-electron chi connectivity index (χ0n) is 7.81. The Hall–Kier alpha value is -1.66. The van der Waals surface area contributed by atoms with Crippen LogP contribution in [-0.2, 0) is 0 Å². The van der Waals surface area contributed by atoms with E-state index in [1.165, 1.54) is 0 Å². The molecule has 1 aromatic heterocycles. The Morgan fingerprint density at radius 1 is 1.07 bits per heavy atom. The van der Waals surface area contributed by atoms with Crippen molar-refractivity contribution in [1.29, 1.82) is 5.26 Å². The van der Waals surface area contributed by atoms with Crippen molar-refractivity contribution in [3.05, 3.63) is 52.8 Å². The van der Waals surface area contributed by atoms with E-state index in [0.29, 0.717) is 5.56 Å². The average Bonchev–Trinajstić information content (AvgIpc) is 2.30. The lowest BCUT2D eigenvalue weighted by atomic mass is 10.0. The molecule has 0 bridgehead atoms. The lowest BCUT2D eigenvalue weighted by molar-refractivity contribution is 1.28. The van der Waals surface area contributed by atoms with Gasteiger partial charge in [-0.15, -0.1) is 0 Å². The van der Waals surface area contributed by atoms with Crippen LogP contribution in [0.5, 0.6) is 0 Å². The van der Waals surface area contributed by atoms with E-state index in [4.69, 9.17) is 5.26 Å². The average molecular weight is 259 g/mol. The van der Waals surface area contributed by atoms with Crippen molar-refractivity contribution in [1.82, 2.24) is 4.98 Å². The minimum absolute atomic E-state index is 0.659. The van der Waals surface area contributed by atoms with E-state index < -0.39 is 0 Å². The molecule has 2 nitrogen and oxygen atoms in total.